The van der Waals surface area contributed by atoms with Crippen molar-refractivity contribution in [3.8, 4) is 11.3 Å². The number of hydrogen-bond donors (Lipinski definition) is 0. The van der Waals surface area contributed by atoms with Crippen LogP contribution in [0.3, 0.4) is 0 Å². The van der Waals surface area contributed by atoms with E-state index in [2.05, 4.69) is 4.98 Å². The van der Waals surface area contributed by atoms with Crippen molar-refractivity contribution >= 4 is 11.6 Å². The van der Waals surface area contributed by atoms with Crippen molar-refractivity contribution in [3.05, 3.63) is 52.9 Å². The Hall–Kier alpha value is -1.62. The molecule has 2 aromatic rings. The monoisotopic (exact) mass is 275 g/mol. The highest BCUT2D eigenvalue weighted by Crippen LogP contribution is 2.36. The minimum atomic E-state index is -4.54. The normalized spacial score (nSPS) is 11.6. The molecule has 0 atom stereocenters. The van der Waals surface area contributed by atoms with Crippen molar-refractivity contribution in [2.24, 2.45) is 0 Å². The Morgan fingerprint density at radius 2 is 1.56 bits per heavy atom. The molecule has 0 N–H and O–H groups in total. The summed E-state index contributed by atoms with van der Waals surface area (Å²) in [7, 11) is 0. The molecular weight excluding hydrogens is 270 g/mol. The lowest BCUT2D eigenvalue weighted by Gasteiger charge is -2.12. The predicted molar refractivity (Wildman–Crippen MR) is 59.6 cm³/mol. The van der Waals surface area contributed by atoms with Gasteiger partial charge in [-0.05, 0) is 36.4 Å². The van der Waals surface area contributed by atoms with Crippen LogP contribution in [0.25, 0.3) is 11.3 Å². The minimum absolute atomic E-state index is 0.0534. The molecule has 18 heavy (non-hydrogen) atoms. The fourth-order valence-corrected chi connectivity index (χ4v) is 1.64. The fourth-order valence-electron chi connectivity index (χ4n) is 1.49. The second-order valence-corrected chi connectivity index (χ2v) is 3.92. The van der Waals surface area contributed by atoms with E-state index in [1.807, 2.05) is 0 Å². The van der Waals surface area contributed by atoms with E-state index in [9.17, 15) is 17.6 Å². The molecule has 1 heterocycles. The third-order valence-electron chi connectivity index (χ3n) is 2.28. The van der Waals surface area contributed by atoms with Gasteiger partial charge < -0.3 is 0 Å². The maximum atomic E-state index is 12.8. The van der Waals surface area contributed by atoms with Gasteiger partial charge in [0.05, 0.1) is 11.3 Å². The quantitative estimate of drug-likeness (QED) is 0.549. The van der Waals surface area contributed by atoms with Gasteiger partial charge in [0.1, 0.15) is 11.0 Å². The first-order valence-corrected chi connectivity index (χ1v) is 5.25. The SMILES string of the molecule is Fc1ccc(-c2nc(Cl)ccc2C(F)(F)F)cc1. The van der Waals surface area contributed by atoms with Gasteiger partial charge in [-0.3, -0.25) is 0 Å². The second kappa shape index (κ2) is 4.57. The van der Waals surface area contributed by atoms with Gasteiger partial charge in [-0.15, -0.1) is 0 Å². The van der Waals surface area contributed by atoms with E-state index < -0.39 is 17.6 Å². The zero-order valence-corrected chi connectivity index (χ0v) is 9.56. The summed E-state index contributed by atoms with van der Waals surface area (Å²) in [4.78, 5) is 3.66. The number of benzene rings is 1. The molecule has 0 bridgehead atoms. The fraction of sp³-hybridized carbons (Fsp3) is 0.0833. The first kappa shape index (κ1) is 12.8. The third kappa shape index (κ3) is 2.61. The molecule has 1 aromatic carbocycles. The number of rotatable bonds is 1. The van der Waals surface area contributed by atoms with Crippen molar-refractivity contribution in [3.63, 3.8) is 0 Å². The molecule has 6 heteroatoms. The largest absolute Gasteiger partial charge is 0.418 e. The number of nitrogens with zero attached hydrogens (tertiary/aromatic N) is 1. The van der Waals surface area contributed by atoms with Gasteiger partial charge in [0.2, 0.25) is 0 Å². The molecular formula is C12H6ClF4N. The lowest BCUT2D eigenvalue weighted by molar-refractivity contribution is -0.137. The van der Waals surface area contributed by atoms with E-state index in [0.29, 0.717) is 0 Å². The van der Waals surface area contributed by atoms with Crippen LogP contribution >= 0.6 is 11.6 Å². The summed E-state index contributed by atoms with van der Waals surface area (Å²) >= 11 is 5.60. The summed E-state index contributed by atoms with van der Waals surface area (Å²) in [6.07, 6.45) is -4.54. The van der Waals surface area contributed by atoms with E-state index in [-0.39, 0.29) is 16.4 Å². The molecule has 2 rings (SSSR count). The van der Waals surface area contributed by atoms with E-state index in [1.54, 1.807) is 0 Å². The first-order valence-electron chi connectivity index (χ1n) is 4.87. The van der Waals surface area contributed by atoms with Gasteiger partial charge in [0, 0.05) is 5.56 Å². The number of alkyl halides is 3. The highest BCUT2D eigenvalue weighted by atomic mass is 35.5. The molecule has 0 amide bonds. The standard InChI is InChI=1S/C12H6ClF4N/c13-10-6-5-9(12(15,16)17)11(18-10)7-1-3-8(14)4-2-7/h1-6H. The van der Waals surface area contributed by atoms with E-state index in [0.717, 1.165) is 24.3 Å². The zero-order chi connectivity index (χ0) is 13.3. The van der Waals surface area contributed by atoms with Crippen LogP contribution in [0.2, 0.25) is 5.15 Å². The van der Waals surface area contributed by atoms with Crippen LogP contribution in [0.4, 0.5) is 17.6 Å². The Balaban J connectivity index is 2.62. The highest BCUT2D eigenvalue weighted by molar-refractivity contribution is 6.29. The molecule has 0 spiro atoms. The Morgan fingerprint density at radius 1 is 0.944 bits per heavy atom. The molecule has 0 unspecified atom stereocenters. The van der Waals surface area contributed by atoms with E-state index in [1.165, 1.54) is 12.1 Å². The summed E-state index contributed by atoms with van der Waals surface area (Å²) in [6.45, 7) is 0. The third-order valence-corrected chi connectivity index (χ3v) is 2.49. The van der Waals surface area contributed by atoms with Crippen LogP contribution in [0.15, 0.2) is 36.4 Å². The molecule has 0 saturated carbocycles. The lowest BCUT2D eigenvalue weighted by atomic mass is 10.1. The molecule has 1 nitrogen and oxygen atoms in total. The summed E-state index contributed by atoms with van der Waals surface area (Å²) in [5.74, 6) is -0.533. The van der Waals surface area contributed by atoms with E-state index in [4.69, 9.17) is 11.6 Å². The average Bonchev–Trinajstić information content (AvgIpc) is 2.28. The van der Waals surface area contributed by atoms with Gasteiger partial charge in [-0.25, -0.2) is 9.37 Å². The van der Waals surface area contributed by atoms with Crippen LogP contribution in [0, 0.1) is 5.82 Å². The van der Waals surface area contributed by atoms with Gasteiger partial charge in [0.25, 0.3) is 0 Å². The Kier molecular flexibility index (Phi) is 3.26. The molecule has 1 aromatic heterocycles. The van der Waals surface area contributed by atoms with Crippen LogP contribution in [0.5, 0.6) is 0 Å². The van der Waals surface area contributed by atoms with Crippen molar-refractivity contribution in [2.75, 3.05) is 0 Å². The second-order valence-electron chi connectivity index (χ2n) is 3.53. The molecule has 0 aliphatic heterocycles. The predicted octanol–water partition coefficient (Wildman–Crippen LogP) is 4.56. The lowest BCUT2D eigenvalue weighted by Crippen LogP contribution is -2.08. The number of hydrogen-bond acceptors (Lipinski definition) is 1. The molecule has 0 saturated heterocycles. The Bertz CT molecular complexity index is 563. The Labute approximate surface area is 105 Å². The molecule has 0 aliphatic carbocycles. The van der Waals surface area contributed by atoms with Crippen molar-refractivity contribution in [1.82, 2.24) is 4.98 Å². The van der Waals surface area contributed by atoms with Crippen LogP contribution < -0.4 is 0 Å². The van der Waals surface area contributed by atoms with E-state index >= 15 is 0 Å². The summed E-state index contributed by atoms with van der Waals surface area (Å²) in [5.41, 5.74) is -1.06. The summed E-state index contributed by atoms with van der Waals surface area (Å²) in [5, 5.41) is -0.0534. The number of halogens is 5. The van der Waals surface area contributed by atoms with Gasteiger partial charge >= 0.3 is 6.18 Å². The number of pyridine rings is 1. The van der Waals surface area contributed by atoms with Crippen molar-refractivity contribution < 1.29 is 17.6 Å². The van der Waals surface area contributed by atoms with Gasteiger partial charge in [-0.2, -0.15) is 13.2 Å². The van der Waals surface area contributed by atoms with Gasteiger partial charge in [-0.1, -0.05) is 11.6 Å². The van der Waals surface area contributed by atoms with Crippen LogP contribution in [0.1, 0.15) is 5.56 Å². The molecule has 0 radical (unpaired) electrons. The first-order chi connectivity index (χ1) is 8.38. The number of aromatic nitrogens is 1. The Morgan fingerprint density at radius 3 is 2.11 bits per heavy atom. The summed E-state index contributed by atoms with van der Waals surface area (Å²) < 4.78 is 51.1. The van der Waals surface area contributed by atoms with Crippen molar-refractivity contribution in [1.29, 1.82) is 0 Å². The molecule has 0 fully saturated rings. The highest BCUT2D eigenvalue weighted by Gasteiger charge is 2.34. The minimum Gasteiger partial charge on any atom is -0.235 e. The van der Waals surface area contributed by atoms with Crippen LogP contribution in [-0.4, -0.2) is 4.98 Å². The molecule has 94 valence electrons. The van der Waals surface area contributed by atoms with Crippen LogP contribution in [-0.2, 0) is 6.18 Å². The maximum absolute atomic E-state index is 12.8. The topological polar surface area (TPSA) is 12.9 Å². The van der Waals surface area contributed by atoms with Gasteiger partial charge in [0.15, 0.2) is 0 Å². The molecule has 0 aliphatic rings. The maximum Gasteiger partial charge on any atom is 0.418 e. The van der Waals surface area contributed by atoms with Crippen molar-refractivity contribution in [2.45, 2.75) is 6.18 Å². The zero-order valence-electron chi connectivity index (χ0n) is 8.80. The average molecular weight is 276 g/mol. The summed E-state index contributed by atoms with van der Waals surface area (Å²) in [6, 6.07) is 6.51. The smallest absolute Gasteiger partial charge is 0.235 e.